The zero-order chi connectivity index (χ0) is 15.2. The third kappa shape index (κ3) is 3.37. The molecule has 2 heteroatoms. The molecule has 1 N–H and O–H groups in total. The van der Waals surface area contributed by atoms with E-state index in [-0.39, 0.29) is 12.1 Å². The van der Waals surface area contributed by atoms with Gasteiger partial charge in [0.25, 0.3) is 0 Å². The van der Waals surface area contributed by atoms with Gasteiger partial charge in [0.15, 0.2) is 0 Å². The Bertz CT molecular complexity index is 570. The standard InChI is InChI=1S/C20H22N2/c21-15-19(16-9-7-8-10-16)22-20(17-11-3-1-4-12-17)18-13-5-2-6-14-18/h1-6,11-14,16,19-20,22H,7-10H2. The molecule has 1 saturated carbocycles. The van der Waals surface area contributed by atoms with E-state index in [0.29, 0.717) is 5.92 Å². The first-order valence-electron chi connectivity index (χ1n) is 8.14. The highest BCUT2D eigenvalue weighted by molar-refractivity contribution is 5.32. The fourth-order valence-electron chi connectivity index (χ4n) is 3.42. The minimum Gasteiger partial charge on any atom is -0.291 e. The van der Waals surface area contributed by atoms with Crippen LogP contribution in [0.5, 0.6) is 0 Å². The normalized spacial score (nSPS) is 16.5. The highest BCUT2D eigenvalue weighted by Gasteiger charge is 2.27. The van der Waals surface area contributed by atoms with E-state index >= 15 is 0 Å². The molecule has 1 unspecified atom stereocenters. The van der Waals surface area contributed by atoms with Crippen LogP contribution >= 0.6 is 0 Å². The van der Waals surface area contributed by atoms with Gasteiger partial charge in [-0.2, -0.15) is 5.26 Å². The van der Waals surface area contributed by atoms with Crippen LogP contribution in [0, 0.1) is 17.2 Å². The maximum Gasteiger partial charge on any atom is 0.0988 e. The third-order valence-corrected chi connectivity index (χ3v) is 4.62. The predicted molar refractivity (Wildman–Crippen MR) is 89.2 cm³/mol. The number of hydrogen-bond acceptors (Lipinski definition) is 2. The highest BCUT2D eigenvalue weighted by atomic mass is 15.0. The van der Waals surface area contributed by atoms with Gasteiger partial charge >= 0.3 is 0 Å². The van der Waals surface area contributed by atoms with E-state index in [4.69, 9.17) is 0 Å². The van der Waals surface area contributed by atoms with Crippen LogP contribution in [0.3, 0.4) is 0 Å². The van der Waals surface area contributed by atoms with E-state index in [9.17, 15) is 5.26 Å². The van der Waals surface area contributed by atoms with Crippen molar-refractivity contribution in [1.82, 2.24) is 5.32 Å². The molecule has 112 valence electrons. The molecular weight excluding hydrogens is 268 g/mol. The number of rotatable bonds is 5. The number of nitriles is 1. The first kappa shape index (κ1) is 14.8. The summed E-state index contributed by atoms with van der Waals surface area (Å²) < 4.78 is 0. The van der Waals surface area contributed by atoms with E-state index in [1.54, 1.807) is 0 Å². The van der Waals surface area contributed by atoms with Crippen LogP contribution < -0.4 is 5.32 Å². The quantitative estimate of drug-likeness (QED) is 0.883. The second-order valence-electron chi connectivity index (χ2n) is 6.07. The Labute approximate surface area is 132 Å². The van der Waals surface area contributed by atoms with E-state index in [1.165, 1.54) is 36.8 Å². The van der Waals surface area contributed by atoms with Crippen LogP contribution in [-0.4, -0.2) is 6.04 Å². The molecule has 1 aliphatic rings. The van der Waals surface area contributed by atoms with Gasteiger partial charge in [-0.25, -0.2) is 0 Å². The van der Waals surface area contributed by atoms with Crippen molar-refractivity contribution in [2.75, 3.05) is 0 Å². The molecule has 0 radical (unpaired) electrons. The van der Waals surface area contributed by atoms with Gasteiger partial charge in [-0.15, -0.1) is 0 Å². The van der Waals surface area contributed by atoms with Crippen LogP contribution in [0.25, 0.3) is 0 Å². The van der Waals surface area contributed by atoms with Crippen molar-refractivity contribution in [2.45, 2.75) is 37.8 Å². The van der Waals surface area contributed by atoms with E-state index in [1.807, 2.05) is 12.1 Å². The van der Waals surface area contributed by atoms with Gasteiger partial charge < -0.3 is 0 Å². The van der Waals surface area contributed by atoms with Crippen LogP contribution in [-0.2, 0) is 0 Å². The molecular formula is C20H22N2. The molecule has 0 aliphatic heterocycles. The topological polar surface area (TPSA) is 35.8 Å². The van der Waals surface area contributed by atoms with Crippen molar-refractivity contribution in [3.8, 4) is 6.07 Å². The predicted octanol–water partition coefficient (Wildman–Crippen LogP) is 4.45. The summed E-state index contributed by atoms with van der Waals surface area (Å²) in [6, 6.07) is 23.3. The summed E-state index contributed by atoms with van der Waals surface area (Å²) in [5, 5.41) is 13.2. The molecule has 1 aliphatic carbocycles. The van der Waals surface area contributed by atoms with Gasteiger partial charge in [0.05, 0.1) is 18.2 Å². The number of nitrogens with zero attached hydrogens (tertiary/aromatic N) is 1. The van der Waals surface area contributed by atoms with Gasteiger partial charge in [0.2, 0.25) is 0 Å². The average molecular weight is 290 g/mol. The number of nitrogens with one attached hydrogen (secondary N) is 1. The molecule has 0 spiro atoms. The molecule has 2 nitrogen and oxygen atoms in total. The molecule has 2 aromatic carbocycles. The zero-order valence-corrected chi connectivity index (χ0v) is 12.8. The Hall–Kier alpha value is -2.11. The van der Waals surface area contributed by atoms with Crippen LogP contribution in [0.1, 0.15) is 42.9 Å². The Morgan fingerprint density at radius 2 is 1.36 bits per heavy atom. The molecule has 0 aromatic heterocycles. The number of hydrogen-bond donors (Lipinski definition) is 1. The summed E-state index contributed by atoms with van der Waals surface area (Å²) in [6.07, 6.45) is 4.85. The summed E-state index contributed by atoms with van der Waals surface area (Å²) in [5.41, 5.74) is 2.43. The van der Waals surface area contributed by atoms with Crippen LogP contribution in [0.4, 0.5) is 0 Å². The molecule has 22 heavy (non-hydrogen) atoms. The van der Waals surface area contributed by atoms with Crippen LogP contribution in [0.2, 0.25) is 0 Å². The van der Waals surface area contributed by atoms with Crippen molar-refractivity contribution >= 4 is 0 Å². The van der Waals surface area contributed by atoms with Gasteiger partial charge in [0.1, 0.15) is 0 Å². The molecule has 0 amide bonds. The monoisotopic (exact) mass is 290 g/mol. The van der Waals surface area contributed by atoms with Crippen LogP contribution in [0.15, 0.2) is 60.7 Å². The lowest BCUT2D eigenvalue weighted by atomic mass is 9.94. The van der Waals surface area contributed by atoms with E-state index in [0.717, 1.165) is 0 Å². The first-order chi connectivity index (χ1) is 10.9. The second kappa shape index (κ2) is 7.24. The Morgan fingerprint density at radius 1 is 0.864 bits per heavy atom. The van der Waals surface area contributed by atoms with Gasteiger partial charge in [-0.1, -0.05) is 73.5 Å². The minimum atomic E-state index is -0.0760. The molecule has 0 bridgehead atoms. The summed E-state index contributed by atoms with van der Waals surface area (Å²) in [4.78, 5) is 0. The molecule has 0 saturated heterocycles. The second-order valence-corrected chi connectivity index (χ2v) is 6.07. The maximum atomic E-state index is 9.62. The zero-order valence-electron chi connectivity index (χ0n) is 12.8. The van der Waals surface area contributed by atoms with Crippen molar-refractivity contribution < 1.29 is 0 Å². The smallest absolute Gasteiger partial charge is 0.0988 e. The molecule has 1 fully saturated rings. The maximum absolute atomic E-state index is 9.62. The lowest BCUT2D eigenvalue weighted by Crippen LogP contribution is -2.37. The van der Waals surface area contributed by atoms with Crippen molar-refractivity contribution in [1.29, 1.82) is 5.26 Å². The Kier molecular flexibility index (Phi) is 4.88. The third-order valence-electron chi connectivity index (χ3n) is 4.62. The lowest BCUT2D eigenvalue weighted by Gasteiger charge is -2.26. The molecule has 2 aromatic rings. The average Bonchev–Trinajstić information content (AvgIpc) is 3.12. The fourth-order valence-corrected chi connectivity index (χ4v) is 3.42. The minimum absolute atomic E-state index is 0.0760. The Morgan fingerprint density at radius 3 is 1.82 bits per heavy atom. The molecule has 0 heterocycles. The Balaban J connectivity index is 1.87. The highest BCUT2D eigenvalue weighted by Crippen LogP contribution is 2.30. The SMILES string of the molecule is N#CC(NC(c1ccccc1)c1ccccc1)C1CCCC1. The van der Waals surface area contributed by atoms with Gasteiger partial charge in [-0.05, 0) is 29.9 Å². The summed E-state index contributed by atoms with van der Waals surface area (Å²) >= 11 is 0. The van der Waals surface area contributed by atoms with Crippen molar-refractivity contribution in [2.24, 2.45) is 5.92 Å². The van der Waals surface area contributed by atoms with E-state index in [2.05, 4.69) is 59.9 Å². The molecule has 3 rings (SSSR count). The van der Waals surface area contributed by atoms with Gasteiger partial charge in [0, 0.05) is 0 Å². The summed E-state index contributed by atoms with van der Waals surface area (Å²) in [6.45, 7) is 0. The van der Waals surface area contributed by atoms with Gasteiger partial charge in [-0.3, -0.25) is 5.32 Å². The summed E-state index contributed by atoms with van der Waals surface area (Å²) in [5.74, 6) is 0.486. The van der Waals surface area contributed by atoms with Crippen molar-refractivity contribution in [3.63, 3.8) is 0 Å². The first-order valence-corrected chi connectivity index (χ1v) is 8.14. The largest absolute Gasteiger partial charge is 0.291 e. The lowest BCUT2D eigenvalue weighted by molar-refractivity contribution is 0.398. The fraction of sp³-hybridized carbons (Fsp3) is 0.350. The molecule has 1 atom stereocenters. The summed E-state index contributed by atoms with van der Waals surface area (Å²) in [7, 11) is 0. The number of benzene rings is 2. The van der Waals surface area contributed by atoms with E-state index < -0.39 is 0 Å². The van der Waals surface area contributed by atoms with Crippen molar-refractivity contribution in [3.05, 3.63) is 71.8 Å².